The first-order chi connectivity index (χ1) is 10.5. The van der Waals surface area contributed by atoms with E-state index in [2.05, 4.69) is 4.72 Å². The molecule has 1 amide bonds. The topological polar surface area (TPSA) is 69.7 Å². The van der Waals surface area contributed by atoms with Gasteiger partial charge in [0.05, 0.1) is 4.90 Å². The lowest BCUT2D eigenvalue weighted by molar-refractivity contribution is -0.119. The van der Waals surface area contributed by atoms with E-state index >= 15 is 0 Å². The van der Waals surface area contributed by atoms with Crippen LogP contribution >= 0.6 is 0 Å². The normalized spacial score (nSPS) is 17.5. The maximum Gasteiger partial charge on any atom is 0.240 e. The van der Waals surface area contributed by atoms with Gasteiger partial charge < -0.3 is 9.80 Å². The smallest absolute Gasteiger partial charge is 0.240 e. The van der Waals surface area contributed by atoms with Gasteiger partial charge in [0.2, 0.25) is 15.9 Å². The first-order valence-electron chi connectivity index (χ1n) is 7.60. The van der Waals surface area contributed by atoms with E-state index < -0.39 is 10.0 Å². The van der Waals surface area contributed by atoms with Crippen LogP contribution in [0.1, 0.15) is 25.8 Å². The molecule has 0 bridgehead atoms. The molecular weight excluding hydrogens is 314 g/mol. The molecule has 0 saturated carbocycles. The molecule has 1 N–H and O–H groups in total. The first-order valence-corrected chi connectivity index (χ1v) is 9.08. The molecule has 7 heteroatoms. The zero-order chi connectivity index (χ0) is 17.4. The molecule has 0 aliphatic carbocycles. The number of hydrogen-bond acceptors (Lipinski definition) is 4. The Hall–Kier alpha value is -1.44. The van der Waals surface area contributed by atoms with Gasteiger partial charge in [-0.2, -0.15) is 0 Å². The highest BCUT2D eigenvalue weighted by molar-refractivity contribution is 7.89. The second-order valence-corrected chi connectivity index (χ2v) is 8.66. The summed E-state index contributed by atoms with van der Waals surface area (Å²) >= 11 is 0. The average Bonchev–Trinajstić information content (AvgIpc) is 2.43. The predicted octanol–water partition coefficient (Wildman–Crippen LogP) is 1.17. The molecule has 128 valence electrons. The average molecular weight is 339 g/mol. The van der Waals surface area contributed by atoms with Gasteiger partial charge in [0.25, 0.3) is 0 Å². The summed E-state index contributed by atoms with van der Waals surface area (Å²) in [7, 11) is 1.95. The van der Waals surface area contributed by atoms with Crippen molar-refractivity contribution in [2.75, 3.05) is 39.1 Å². The molecule has 0 saturated heterocycles. The molecule has 0 fully saturated rings. The Balaban J connectivity index is 2.35. The van der Waals surface area contributed by atoms with Gasteiger partial charge in [-0.3, -0.25) is 4.79 Å². The zero-order valence-electron chi connectivity index (χ0n) is 14.4. The minimum atomic E-state index is -3.55. The summed E-state index contributed by atoms with van der Waals surface area (Å²) in [6, 6.07) is 4.97. The second kappa shape index (κ2) is 6.22. The van der Waals surface area contributed by atoms with Gasteiger partial charge in [-0.25, -0.2) is 13.1 Å². The fraction of sp³-hybridized carbons (Fsp3) is 0.562. The third kappa shape index (κ3) is 3.73. The van der Waals surface area contributed by atoms with Crippen LogP contribution in [0.15, 0.2) is 23.1 Å². The maximum atomic E-state index is 12.4. The Morgan fingerprint density at radius 1 is 1.30 bits per heavy atom. The van der Waals surface area contributed by atoms with E-state index in [1.54, 1.807) is 30.1 Å². The first kappa shape index (κ1) is 17.9. The van der Waals surface area contributed by atoms with Crippen molar-refractivity contribution in [3.8, 4) is 0 Å². The van der Waals surface area contributed by atoms with Gasteiger partial charge >= 0.3 is 0 Å². The summed E-state index contributed by atoms with van der Waals surface area (Å²) in [5, 5.41) is 0. The molecule has 6 nitrogen and oxygen atoms in total. The number of nitrogens with one attached hydrogen (secondary N) is 1. The zero-order valence-corrected chi connectivity index (χ0v) is 15.2. The lowest BCUT2D eigenvalue weighted by Crippen LogP contribution is -2.39. The number of fused-ring (bicyclic) bond motifs is 1. The molecule has 0 unspecified atom stereocenters. The number of carbonyl (C=O) groups is 1. The number of carbonyl (C=O) groups excluding carboxylic acids is 1. The minimum Gasteiger partial charge on any atom is -0.315 e. The molecule has 1 heterocycles. The summed E-state index contributed by atoms with van der Waals surface area (Å²) in [5.41, 5.74) is 1.28. The number of benzene rings is 1. The standard InChI is InChI=1S/C16H25N3O3S/c1-16(2)11-15(20)19(5)14-7-6-12(10-13(14)16)23(21,22)17-8-9-18(3)4/h6-7,10,17H,8-9,11H2,1-5H3. The van der Waals surface area contributed by atoms with Crippen LogP contribution in [0.5, 0.6) is 0 Å². The van der Waals surface area contributed by atoms with E-state index in [-0.39, 0.29) is 16.2 Å². The summed E-state index contributed by atoms with van der Waals surface area (Å²) in [6.07, 6.45) is 0.369. The maximum absolute atomic E-state index is 12.4. The largest absolute Gasteiger partial charge is 0.315 e. The number of hydrogen-bond donors (Lipinski definition) is 1. The molecule has 2 rings (SSSR count). The fourth-order valence-electron chi connectivity index (χ4n) is 2.73. The molecule has 0 radical (unpaired) electrons. The van der Waals surface area contributed by atoms with Crippen molar-refractivity contribution in [1.29, 1.82) is 0 Å². The van der Waals surface area contributed by atoms with Crippen molar-refractivity contribution in [3.63, 3.8) is 0 Å². The third-order valence-corrected chi connectivity index (χ3v) is 5.65. The lowest BCUT2D eigenvalue weighted by atomic mass is 9.77. The van der Waals surface area contributed by atoms with Crippen LogP contribution in [0, 0.1) is 0 Å². The van der Waals surface area contributed by atoms with E-state index in [1.807, 2.05) is 32.8 Å². The van der Waals surface area contributed by atoms with E-state index in [0.29, 0.717) is 19.5 Å². The van der Waals surface area contributed by atoms with Gasteiger partial charge in [0.1, 0.15) is 0 Å². The number of rotatable bonds is 5. The van der Waals surface area contributed by atoms with Crippen molar-refractivity contribution < 1.29 is 13.2 Å². The Kier molecular flexibility index (Phi) is 4.84. The highest BCUT2D eigenvalue weighted by Gasteiger charge is 2.35. The number of nitrogens with zero attached hydrogens (tertiary/aromatic N) is 2. The number of amides is 1. The summed E-state index contributed by atoms with van der Waals surface area (Å²) < 4.78 is 27.5. The van der Waals surface area contributed by atoms with Gasteiger partial charge in [-0.1, -0.05) is 13.8 Å². The Morgan fingerprint density at radius 2 is 1.96 bits per heavy atom. The van der Waals surface area contributed by atoms with Crippen LogP contribution in [0.4, 0.5) is 5.69 Å². The molecule has 0 aromatic heterocycles. The predicted molar refractivity (Wildman–Crippen MR) is 91.2 cm³/mol. The quantitative estimate of drug-likeness (QED) is 0.874. The molecule has 1 aromatic carbocycles. The van der Waals surface area contributed by atoms with Crippen molar-refractivity contribution in [2.24, 2.45) is 0 Å². The number of anilines is 1. The van der Waals surface area contributed by atoms with Gasteiger partial charge in [-0.05, 0) is 37.9 Å². The SMILES string of the molecule is CN(C)CCNS(=O)(=O)c1ccc2c(c1)C(C)(C)CC(=O)N2C. The van der Waals surface area contributed by atoms with Crippen LogP contribution in [0.25, 0.3) is 0 Å². The van der Waals surface area contributed by atoms with Crippen molar-refractivity contribution >= 4 is 21.6 Å². The van der Waals surface area contributed by atoms with E-state index in [1.165, 1.54) is 0 Å². The molecule has 1 aliphatic rings. The van der Waals surface area contributed by atoms with Crippen LogP contribution in [-0.2, 0) is 20.2 Å². The second-order valence-electron chi connectivity index (χ2n) is 6.89. The number of sulfonamides is 1. The highest BCUT2D eigenvalue weighted by Crippen LogP contribution is 2.40. The van der Waals surface area contributed by atoms with Crippen molar-refractivity contribution in [2.45, 2.75) is 30.6 Å². The molecule has 1 aliphatic heterocycles. The van der Waals surface area contributed by atoms with Gasteiger partial charge in [0.15, 0.2) is 0 Å². The van der Waals surface area contributed by atoms with Crippen molar-refractivity contribution in [1.82, 2.24) is 9.62 Å². The van der Waals surface area contributed by atoms with E-state index in [9.17, 15) is 13.2 Å². The fourth-order valence-corrected chi connectivity index (χ4v) is 3.78. The molecule has 1 aromatic rings. The molecular formula is C16H25N3O3S. The molecule has 0 spiro atoms. The van der Waals surface area contributed by atoms with Gasteiger partial charge in [0, 0.05) is 37.7 Å². The summed E-state index contributed by atoms with van der Waals surface area (Å²) in [4.78, 5) is 15.8. The van der Waals surface area contributed by atoms with Crippen LogP contribution in [0.2, 0.25) is 0 Å². The Morgan fingerprint density at radius 3 is 2.57 bits per heavy atom. The Bertz CT molecular complexity index is 711. The highest BCUT2D eigenvalue weighted by atomic mass is 32.2. The number of likely N-dealkylation sites (N-methyl/N-ethyl adjacent to an activating group) is 1. The molecule has 0 atom stereocenters. The van der Waals surface area contributed by atoms with Crippen LogP contribution in [0.3, 0.4) is 0 Å². The van der Waals surface area contributed by atoms with E-state index in [4.69, 9.17) is 0 Å². The van der Waals surface area contributed by atoms with Gasteiger partial charge in [-0.15, -0.1) is 0 Å². The monoisotopic (exact) mass is 339 g/mol. The summed E-state index contributed by atoms with van der Waals surface area (Å²) in [6.45, 7) is 4.92. The summed E-state index contributed by atoms with van der Waals surface area (Å²) in [5.74, 6) is 0.0437. The van der Waals surface area contributed by atoms with Crippen molar-refractivity contribution in [3.05, 3.63) is 23.8 Å². The van der Waals surface area contributed by atoms with E-state index in [0.717, 1.165) is 11.3 Å². The minimum absolute atomic E-state index is 0.0437. The van der Waals surface area contributed by atoms with Crippen LogP contribution < -0.4 is 9.62 Å². The Labute approximate surface area is 138 Å². The molecule has 23 heavy (non-hydrogen) atoms. The van der Waals surface area contributed by atoms with Crippen LogP contribution in [-0.4, -0.2) is 53.5 Å². The third-order valence-electron chi connectivity index (χ3n) is 4.19. The lowest BCUT2D eigenvalue weighted by Gasteiger charge is -2.37.